The summed E-state index contributed by atoms with van der Waals surface area (Å²) in [5, 5.41) is 16.4. The smallest absolute Gasteiger partial charge is 0.269 e. The van der Waals surface area contributed by atoms with Gasteiger partial charge in [-0.25, -0.2) is 0 Å². The first-order valence-corrected chi connectivity index (χ1v) is 5.88. The number of benzene rings is 1. The van der Waals surface area contributed by atoms with E-state index in [1.165, 1.54) is 12.1 Å². The van der Waals surface area contributed by atoms with Crippen molar-refractivity contribution in [3.05, 3.63) is 39.9 Å². The summed E-state index contributed by atoms with van der Waals surface area (Å²) in [5.74, 6) is 0.178. The quantitative estimate of drug-likeness (QED) is 0.622. The minimum atomic E-state index is -0.421. The standard InChI is InChI=1S/C12H15N3O3.ClH/c16-12(10-7-13-8-10)14-6-5-9-1-3-11(4-2-9)15(17)18;/h1-4,10,13H,5-8H2,(H,14,16);1H. The molecule has 0 bridgehead atoms. The average molecular weight is 286 g/mol. The molecule has 0 spiro atoms. The van der Waals surface area contributed by atoms with Crippen molar-refractivity contribution in [2.45, 2.75) is 6.42 Å². The van der Waals surface area contributed by atoms with Crippen LogP contribution in [0.5, 0.6) is 0 Å². The van der Waals surface area contributed by atoms with Crippen molar-refractivity contribution < 1.29 is 9.72 Å². The number of carbonyl (C=O) groups excluding carboxylic acids is 1. The van der Waals surface area contributed by atoms with Crippen molar-refractivity contribution in [3.8, 4) is 0 Å². The van der Waals surface area contributed by atoms with Gasteiger partial charge in [0, 0.05) is 31.8 Å². The van der Waals surface area contributed by atoms with Crippen molar-refractivity contribution in [1.29, 1.82) is 0 Å². The van der Waals surface area contributed by atoms with Crippen LogP contribution in [0.1, 0.15) is 5.56 Å². The van der Waals surface area contributed by atoms with Gasteiger partial charge in [0.25, 0.3) is 5.69 Å². The largest absolute Gasteiger partial charge is 0.355 e. The van der Waals surface area contributed by atoms with Crippen molar-refractivity contribution in [2.24, 2.45) is 5.92 Å². The molecule has 7 heteroatoms. The lowest BCUT2D eigenvalue weighted by Gasteiger charge is -2.25. The van der Waals surface area contributed by atoms with E-state index < -0.39 is 4.92 Å². The van der Waals surface area contributed by atoms with Crippen LogP contribution in [0.15, 0.2) is 24.3 Å². The highest BCUT2D eigenvalue weighted by molar-refractivity contribution is 5.85. The number of rotatable bonds is 5. The molecule has 1 aromatic carbocycles. The van der Waals surface area contributed by atoms with E-state index in [9.17, 15) is 14.9 Å². The topological polar surface area (TPSA) is 84.3 Å². The van der Waals surface area contributed by atoms with Crippen molar-refractivity contribution in [1.82, 2.24) is 10.6 Å². The molecule has 0 aliphatic carbocycles. The molecule has 1 saturated heterocycles. The number of nitrogens with zero attached hydrogens (tertiary/aromatic N) is 1. The molecule has 0 saturated carbocycles. The van der Waals surface area contributed by atoms with Gasteiger partial charge in [0.05, 0.1) is 10.8 Å². The summed E-state index contributed by atoms with van der Waals surface area (Å²) in [7, 11) is 0. The third kappa shape index (κ3) is 4.18. The Morgan fingerprint density at radius 2 is 2.00 bits per heavy atom. The fourth-order valence-electron chi connectivity index (χ4n) is 1.73. The van der Waals surface area contributed by atoms with Crippen LogP contribution < -0.4 is 10.6 Å². The number of amides is 1. The molecule has 1 aliphatic rings. The predicted octanol–water partition coefficient (Wildman–Crippen LogP) is 0.895. The van der Waals surface area contributed by atoms with Gasteiger partial charge in [0.1, 0.15) is 0 Å². The molecule has 0 atom stereocenters. The Kier molecular flexibility index (Phi) is 5.72. The summed E-state index contributed by atoms with van der Waals surface area (Å²) in [6, 6.07) is 6.39. The number of nitro benzene ring substituents is 1. The normalized spacial score (nSPS) is 14.1. The van der Waals surface area contributed by atoms with Crippen molar-refractivity contribution in [2.75, 3.05) is 19.6 Å². The minimum Gasteiger partial charge on any atom is -0.355 e. The van der Waals surface area contributed by atoms with Gasteiger partial charge in [0.2, 0.25) is 5.91 Å². The van der Waals surface area contributed by atoms with Crippen molar-refractivity contribution in [3.63, 3.8) is 0 Å². The Morgan fingerprint density at radius 1 is 1.37 bits per heavy atom. The summed E-state index contributed by atoms with van der Waals surface area (Å²) in [6.07, 6.45) is 0.684. The first kappa shape index (κ1) is 15.4. The second-order valence-corrected chi connectivity index (χ2v) is 4.32. The maximum Gasteiger partial charge on any atom is 0.269 e. The third-order valence-electron chi connectivity index (χ3n) is 3.01. The summed E-state index contributed by atoms with van der Waals surface area (Å²) >= 11 is 0. The van der Waals surface area contributed by atoms with E-state index in [2.05, 4.69) is 10.6 Å². The van der Waals surface area contributed by atoms with E-state index in [1.807, 2.05) is 0 Å². The molecule has 2 N–H and O–H groups in total. The van der Waals surface area contributed by atoms with Gasteiger partial charge < -0.3 is 10.6 Å². The molecular weight excluding hydrogens is 270 g/mol. The predicted molar refractivity (Wildman–Crippen MR) is 73.4 cm³/mol. The van der Waals surface area contributed by atoms with Crippen LogP contribution in [0.4, 0.5) is 5.69 Å². The lowest BCUT2D eigenvalue weighted by Crippen LogP contribution is -2.51. The summed E-state index contributed by atoms with van der Waals surface area (Å²) in [6.45, 7) is 2.07. The summed E-state index contributed by atoms with van der Waals surface area (Å²) < 4.78 is 0. The lowest BCUT2D eigenvalue weighted by molar-refractivity contribution is -0.384. The van der Waals surface area contributed by atoms with Gasteiger partial charge in [-0.05, 0) is 12.0 Å². The van der Waals surface area contributed by atoms with E-state index in [0.717, 1.165) is 18.7 Å². The van der Waals surface area contributed by atoms with Crippen LogP contribution in [-0.4, -0.2) is 30.5 Å². The summed E-state index contributed by atoms with van der Waals surface area (Å²) in [4.78, 5) is 21.6. The van der Waals surface area contributed by atoms with Gasteiger partial charge in [-0.2, -0.15) is 0 Å². The second-order valence-electron chi connectivity index (χ2n) is 4.32. The van der Waals surface area contributed by atoms with Crippen molar-refractivity contribution >= 4 is 24.0 Å². The van der Waals surface area contributed by atoms with Crippen LogP contribution in [0.25, 0.3) is 0 Å². The Bertz CT molecular complexity index is 446. The molecule has 0 radical (unpaired) electrons. The highest BCUT2D eigenvalue weighted by Gasteiger charge is 2.23. The van der Waals surface area contributed by atoms with Gasteiger partial charge in [0.15, 0.2) is 0 Å². The maximum absolute atomic E-state index is 11.5. The van der Waals surface area contributed by atoms with Crippen LogP contribution in [0.3, 0.4) is 0 Å². The molecule has 1 amide bonds. The second kappa shape index (κ2) is 7.06. The third-order valence-corrected chi connectivity index (χ3v) is 3.01. The van der Waals surface area contributed by atoms with Crippen LogP contribution in [0, 0.1) is 16.0 Å². The van der Waals surface area contributed by atoms with E-state index in [0.29, 0.717) is 13.0 Å². The number of halogens is 1. The van der Waals surface area contributed by atoms with Gasteiger partial charge in [-0.15, -0.1) is 12.4 Å². The molecule has 1 heterocycles. The SMILES string of the molecule is Cl.O=C(NCCc1ccc([N+](=O)[O-])cc1)C1CNC1. The zero-order valence-electron chi connectivity index (χ0n) is 10.3. The van der Waals surface area contributed by atoms with Crippen LogP contribution in [0.2, 0.25) is 0 Å². The van der Waals surface area contributed by atoms with Gasteiger partial charge in [-0.3, -0.25) is 14.9 Å². The molecule has 1 aromatic rings. The van der Waals surface area contributed by atoms with Gasteiger partial charge in [-0.1, -0.05) is 12.1 Å². The average Bonchev–Trinajstić information content (AvgIpc) is 2.27. The fourth-order valence-corrected chi connectivity index (χ4v) is 1.73. The van der Waals surface area contributed by atoms with Crippen LogP contribution in [-0.2, 0) is 11.2 Å². The Morgan fingerprint density at radius 3 is 2.47 bits per heavy atom. The molecule has 2 rings (SSSR count). The van der Waals surface area contributed by atoms with E-state index in [-0.39, 0.29) is 29.9 Å². The Labute approximate surface area is 117 Å². The molecule has 104 valence electrons. The van der Waals surface area contributed by atoms with Crippen LogP contribution >= 0.6 is 12.4 Å². The first-order valence-electron chi connectivity index (χ1n) is 5.88. The first-order chi connectivity index (χ1) is 8.66. The lowest BCUT2D eigenvalue weighted by atomic mass is 10.0. The molecule has 19 heavy (non-hydrogen) atoms. The number of nitro groups is 1. The van der Waals surface area contributed by atoms with Gasteiger partial charge >= 0.3 is 0 Å². The van der Waals surface area contributed by atoms with E-state index >= 15 is 0 Å². The number of carbonyl (C=O) groups is 1. The molecule has 0 aromatic heterocycles. The molecule has 6 nitrogen and oxygen atoms in total. The Hall–Kier alpha value is -1.66. The maximum atomic E-state index is 11.5. The number of hydrogen-bond acceptors (Lipinski definition) is 4. The number of non-ortho nitro benzene ring substituents is 1. The van der Waals surface area contributed by atoms with E-state index in [1.54, 1.807) is 12.1 Å². The highest BCUT2D eigenvalue weighted by atomic mass is 35.5. The molecule has 1 aliphatic heterocycles. The number of nitrogens with one attached hydrogen (secondary N) is 2. The zero-order chi connectivity index (χ0) is 13.0. The highest BCUT2D eigenvalue weighted by Crippen LogP contribution is 2.12. The number of hydrogen-bond donors (Lipinski definition) is 2. The Balaban J connectivity index is 0.00000180. The van der Waals surface area contributed by atoms with E-state index in [4.69, 9.17) is 0 Å². The monoisotopic (exact) mass is 285 g/mol. The minimum absolute atomic E-state index is 0. The fraction of sp³-hybridized carbons (Fsp3) is 0.417. The molecular formula is C12H16ClN3O3. The molecule has 1 fully saturated rings. The zero-order valence-corrected chi connectivity index (χ0v) is 11.1. The summed E-state index contributed by atoms with van der Waals surface area (Å²) in [5.41, 5.74) is 1.07. The molecule has 0 unspecified atom stereocenters.